The van der Waals surface area contributed by atoms with Crippen LogP contribution in [0.2, 0.25) is 0 Å². The number of carbonyl (C=O) groups excluding carboxylic acids is 1. The average molecular weight is 337 g/mol. The highest BCUT2D eigenvalue weighted by Gasteiger charge is 2.47. The summed E-state index contributed by atoms with van der Waals surface area (Å²) in [5.74, 6) is -1.88. The number of hydrogen-bond acceptors (Lipinski definition) is 2. The molecule has 2 aromatic carbocycles. The van der Waals surface area contributed by atoms with Crippen molar-refractivity contribution in [3.63, 3.8) is 0 Å². The molecule has 3 nitrogen and oxygen atoms in total. The van der Waals surface area contributed by atoms with Gasteiger partial charge in [0.2, 0.25) is 0 Å². The Morgan fingerprint density at radius 2 is 1.50 bits per heavy atom. The lowest BCUT2D eigenvalue weighted by Crippen LogP contribution is -2.38. The van der Waals surface area contributed by atoms with Crippen LogP contribution in [0.3, 0.4) is 0 Å². The molecular weight excluding hydrogens is 319 g/mol. The van der Waals surface area contributed by atoms with Crippen LogP contribution in [0.4, 0.5) is 18.0 Å². The second kappa shape index (κ2) is 7.86. The number of alkyl halides is 3. The Balaban J connectivity index is 2.47. The molecule has 2 unspecified atom stereocenters. The van der Waals surface area contributed by atoms with E-state index in [1.54, 1.807) is 55.5 Å². The lowest BCUT2D eigenvalue weighted by Gasteiger charge is -2.30. The average Bonchev–Trinajstić information content (AvgIpc) is 2.55. The maximum absolute atomic E-state index is 13.8. The molecule has 2 rings (SSSR count). The highest BCUT2D eigenvalue weighted by Crippen LogP contribution is 2.43. The van der Waals surface area contributed by atoms with Crippen molar-refractivity contribution in [1.82, 2.24) is 5.32 Å². The minimum Gasteiger partial charge on any atom is -0.450 e. The van der Waals surface area contributed by atoms with Crippen LogP contribution in [0, 0.1) is 0 Å². The summed E-state index contributed by atoms with van der Waals surface area (Å²) in [6.45, 7) is 1.67. The van der Waals surface area contributed by atoms with Gasteiger partial charge in [-0.05, 0) is 18.1 Å². The Kier molecular flexibility index (Phi) is 5.84. The summed E-state index contributed by atoms with van der Waals surface area (Å²) >= 11 is 0. The van der Waals surface area contributed by atoms with Gasteiger partial charge in [0.25, 0.3) is 0 Å². The van der Waals surface area contributed by atoms with Gasteiger partial charge < -0.3 is 10.1 Å². The molecule has 0 saturated heterocycles. The summed E-state index contributed by atoms with van der Waals surface area (Å²) in [6, 6.07) is 14.3. The summed E-state index contributed by atoms with van der Waals surface area (Å²) in [5.41, 5.74) is 0.437. The van der Waals surface area contributed by atoms with Crippen LogP contribution in [-0.2, 0) is 4.74 Å². The molecule has 6 heteroatoms. The SMILES string of the molecule is CCOC(=O)NC(c1ccccc1)C(c1ccccc1)C(F)(F)F. The summed E-state index contributed by atoms with van der Waals surface area (Å²) in [6.07, 6.45) is -5.42. The van der Waals surface area contributed by atoms with Gasteiger partial charge >= 0.3 is 12.3 Å². The van der Waals surface area contributed by atoms with E-state index < -0.39 is 24.2 Å². The molecule has 1 N–H and O–H groups in total. The summed E-state index contributed by atoms with van der Waals surface area (Å²) in [5, 5.41) is 2.36. The Bertz CT molecular complexity index is 644. The fourth-order valence-corrected chi connectivity index (χ4v) is 2.55. The number of benzene rings is 2. The number of amides is 1. The van der Waals surface area contributed by atoms with E-state index in [0.717, 1.165) is 0 Å². The van der Waals surface area contributed by atoms with Gasteiger partial charge in [-0.2, -0.15) is 13.2 Å². The zero-order valence-corrected chi connectivity index (χ0v) is 13.1. The van der Waals surface area contributed by atoms with E-state index in [1.165, 1.54) is 12.1 Å². The van der Waals surface area contributed by atoms with Crippen molar-refractivity contribution in [1.29, 1.82) is 0 Å². The topological polar surface area (TPSA) is 38.3 Å². The van der Waals surface area contributed by atoms with Crippen LogP contribution in [0.1, 0.15) is 30.0 Å². The zero-order valence-electron chi connectivity index (χ0n) is 13.1. The lowest BCUT2D eigenvalue weighted by molar-refractivity contribution is -0.157. The van der Waals surface area contributed by atoms with E-state index in [2.05, 4.69) is 5.32 Å². The third-order valence-electron chi connectivity index (χ3n) is 3.55. The summed E-state index contributed by atoms with van der Waals surface area (Å²) in [4.78, 5) is 11.8. The normalized spacial score (nSPS) is 13.8. The van der Waals surface area contributed by atoms with E-state index >= 15 is 0 Å². The molecule has 128 valence electrons. The van der Waals surface area contributed by atoms with Crippen LogP contribution in [0.5, 0.6) is 0 Å². The largest absolute Gasteiger partial charge is 0.450 e. The van der Waals surface area contributed by atoms with Crippen molar-refractivity contribution < 1.29 is 22.7 Å². The molecule has 0 aliphatic heterocycles. The minimum atomic E-state index is -4.54. The quantitative estimate of drug-likeness (QED) is 0.849. The third kappa shape index (κ3) is 4.50. The number of halogens is 3. The first-order valence-corrected chi connectivity index (χ1v) is 7.53. The van der Waals surface area contributed by atoms with Crippen molar-refractivity contribution in [2.75, 3.05) is 6.61 Å². The predicted molar refractivity (Wildman–Crippen MR) is 84.6 cm³/mol. The van der Waals surface area contributed by atoms with Crippen LogP contribution in [0.25, 0.3) is 0 Å². The number of alkyl carbamates (subject to hydrolysis) is 1. The van der Waals surface area contributed by atoms with E-state index in [0.29, 0.717) is 5.56 Å². The number of carbonyl (C=O) groups is 1. The summed E-state index contributed by atoms with van der Waals surface area (Å²) < 4.78 is 46.1. The maximum atomic E-state index is 13.8. The van der Waals surface area contributed by atoms with Crippen molar-refractivity contribution in [2.45, 2.75) is 25.1 Å². The van der Waals surface area contributed by atoms with Crippen molar-refractivity contribution >= 4 is 6.09 Å². The van der Waals surface area contributed by atoms with Gasteiger partial charge in [-0.3, -0.25) is 0 Å². The zero-order chi connectivity index (χ0) is 17.6. The highest BCUT2D eigenvalue weighted by molar-refractivity contribution is 5.68. The van der Waals surface area contributed by atoms with E-state index in [4.69, 9.17) is 4.74 Å². The minimum absolute atomic E-state index is 0.0787. The fourth-order valence-electron chi connectivity index (χ4n) is 2.55. The second-order valence-corrected chi connectivity index (χ2v) is 5.18. The van der Waals surface area contributed by atoms with Gasteiger partial charge in [0.1, 0.15) is 5.92 Å². The molecule has 0 bridgehead atoms. The molecular formula is C18H18F3NO2. The Labute approximate surface area is 138 Å². The molecule has 2 aromatic rings. The van der Waals surface area contributed by atoms with Crippen LogP contribution >= 0.6 is 0 Å². The molecule has 2 atom stereocenters. The summed E-state index contributed by atoms with van der Waals surface area (Å²) in [7, 11) is 0. The molecule has 0 fully saturated rings. The van der Waals surface area contributed by atoms with Gasteiger partial charge in [0, 0.05) is 0 Å². The van der Waals surface area contributed by atoms with Crippen molar-refractivity contribution in [3.05, 3.63) is 71.8 Å². The van der Waals surface area contributed by atoms with Gasteiger partial charge in [-0.15, -0.1) is 0 Å². The lowest BCUT2D eigenvalue weighted by atomic mass is 9.86. The molecule has 0 aliphatic rings. The third-order valence-corrected chi connectivity index (χ3v) is 3.55. The predicted octanol–water partition coefficient (Wildman–Crippen LogP) is 4.82. The van der Waals surface area contributed by atoms with Gasteiger partial charge in [-0.25, -0.2) is 4.79 Å². The molecule has 0 aromatic heterocycles. The molecule has 0 radical (unpaired) electrons. The second-order valence-electron chi connectivity index (χ2n) is 5.18. The smallest absolute Gasteiger partial charge is 0.407 e. The molecule has 0 aliphatic carbocycles. The van der Waals surface area contributed by atoms with E-state index in [-0.39, 0.29) is 12.2 Å². The first-order chi connectivity index (χ1) is 11.4. The van der Waals surface area contributed by atoms with Gasteiger partial charge in [0.05, 0.1) is 12.6 Å². The molecule has 1 amide bonds. The Hall–Kier alpha value is -2.50. The number of hydrogen-bond donors (Lipinski definition) is 1. The van der Waals surface area contributed by atoms with Gasteiger partial charge in [-0.1, -0.05) is 60.7 Å². The molecule has 24 heavy (non-hydrogen) atoms. The fraction of sp³-hybridized carbons (Fsp3) is 0.278. The van der Waals surface area contributed by atoms with Crippen LogP contribution in [-0.4, -0.2) is 18.9 Å². The molecule has 0 heterocycles. The van der Waals surface area contributed by atoms with Crippen molar-refractivity contribution in [3.8, 4) is 0 Å². The number of rotatable bonds is 5. The van der Waals surface area contributed by atoms with Crippen LogP contribution in [0.15, 0.2) is 60.7 Å². The number of ether oxygens (including phenoxy) is 1. The Morgan fingerprint density at radius 3 is 1.96 bits per heavy atom. The van der Waals surface area contributed by atoms with Crippen molar-refractivity contribution in [2.24, 2.45) is 0 Å². The Morgan fingerprint density at radius 1 is 1.00 bits per heavy atom. The van der Waals surface area contributed by atoms with Gasteiger partial charge in [0.15, 0.2) is 0 Å². The maximum Gasteiger partial charge on any atom is 0.407 e. The highest BCUT2D eigenvalue weighted by atomic mass is 19.4. The molecule has 0 saturated carbocycles. The molecule has 0 spiro atoms. The number of nitrogens with one attached hydrogen (secondary N) is 1. The first-order valence-electron chi connectivity index (χ1n) is 7.53. The van der Waals surface area contributed by atoms with Crippen LogP contribution < -0.4 is 5.32 Å². The standard InChI is InChI=1S/C18H18F3NO2/c1-2-24-17(23)22-16(14-11-7-4-8-12-14)15(18(19,20)21)13-9-5-3-6-10-13/h3-12,15-16H,2H2,1H3,(H,22,23). The van der Waals surface area contributed by atoms with E-state index in [1.807, 2.05) is 0 Å². The first kappa shape index (κ1) is 17.8. The monoisotopic (exact) mass is 337 g/mol. The van der Waals surface area contributed by atoms with E-state index in [9.17, 15) is 18.0 Å².